The van der Waals surface area contributed by atoms with Gasteiger partial charge in [0.2, 0.25) is 5.95 Å². The Bertz CT molecular complexity index is 1090. The number of aryl methyl sites for hydroxylation is 2. The zero-order valence-corrected chi connectivity index (χ0v) is 14.9. The summed E-state index contributed by atoms with van der Waals surface area (Å²) in [7, 11) is 0. The van der Waals surface area contributed by atoms with Crippen LogP contribution < -0.4 is 10.6 Å². The molecule has 0 aliphatic rings. The summed E-state index contributed by atoms with van der Waals surface area (Å²) in [6.07, 6.45) is 3.16. The molecular weight excluding hydrogens is 343 g/mol. The van der Waals surface area contributed by atoms with Crippen LogP contribution in [0.2, 0.25) is 0 Å². The third-order valence-corrected chi connectivity index (χ3v) is 3.92. The molecule has 27 heavy (non-hydrogen) atoms. The first kappa shape index (κ1) is 16.8. The van der Waals surface area contributed by atoms with E-state index in [4.69, 9.17) is 0 Å². The molecule has 4 aromatic rings. The number of hydrogen-bond donors (Lipinski definition) is 2. The van der Waals surface area contributed by atoms with Gasteiger partial charge in [-0.2, -0.15) is 9.97 Å². The number of benzene rings is 2. The van der Waals surface area contributed by atoms with E-state index in [0.717, 1.165) is 16.8 Å². The Hall–Kier alpha value is -3.61. The maximum atomic E-state index is 13.2. The molecule has 6 nitrogen and oxygen atoms in total. The summed E-state index contributed by atoms with van der Waals surface area (Å²) in [5, 5.41) is 6.39. The van der Waals surface area contributed by atoms with E-state index in [-0.39, 0.29) is 5.82 Å². The average molecular weight is 360 g/mol. The normalized spacial score (nSPS) is 10.8. The highest BCUT2D eigenvalue weighted by Crippen LogP contribution is 2.24. The molecule has 2 aromatic carbocycles. The molecule has 0 fully saturated rings. The maximum Gasteiger partial charge on any atom is 0.231 e. The van der Waals surface area contributed by atoms with E-state index >= 15 is 0 Å². The molecule has 0 radical (unpaired) electrons. The lowest BCUT2D eigenvalue weighted by molar-refractivity contribution is 0.628. The van der Waals surface area contributed by atoms with Gasteiger partial charge in [-0.3, -0.25) is 0 Å². The van der Waals surface area contributed by atoms with Crippen LogP contribution >= 0.6 is 0 Å². The number of anilines is 4. The molecule has 0 saturated heterocycles. The summed E-state index contributed by atoms with van der Waals surface area (Å²) in [6.45, 7) is 4.07. The molecular formula is C20H17FN6. The van der Waals surface area contributed by atoms with Crippen LogP contribution in [0, 0.1) is 19.7 Å². The van der Waals surface area contributed by atoms with Gasteiger partial charge in [0.1, 0.15) is 5.82 Å². The highest BCUT2D eigenvalue weighted by Gasteiger charge is 2.11. The Balaban J connectivity index is 1.74. The van der Waals surface area contributed by atoms with Crippen LogP contribution in [0.3, 0.4) is 0 Å². The van der Waals surface area contributed by atoms with Crippen LogP contribution in [0.15, 0.2) is 54.9 Å². The molecule has 2 heterocycles. The van der Waals surface area contributed by atoms with Crippen LogP contribution in [0.1, 0.15) is 11.1 Å². The van der Waals surface area contributed by atoms with Gasteiger partial charge in [-0.1, -0.05) is 6.07 Å². The molecule has 134 valence electrons. The predicted octanol–water partition coefficient (Wildman–Crippen LogP) is 4.66. The van der Waals surface area contributed by atoms with Gasteiger partial charge in [-0.05, 0) is 61.4 Å². The van der Waals surface area contributed by atoms with Crippen molar-refractivity contribution in [1.29, 1.82) is 0 Å². The second-order valence-corrected chi connectivity index (χ2v) is 6.26. The van der Waals surface area contributed by atoms with E-state index in [1.165, 1.54) is 12.1 Å². The third kappa shape index (κ3) is 3.82. The molecule has 2 N–H and O–H groups in total. The number of hydrogen-bond acceptors (Lipinski definition) is 6. The smallest absolute Gasteiger partial charge is 0.231 e. The summed E-state index contributed by atoms with van der Waals surface area (Å²) < 4.78 is 13.2. The lowest BCUT2D eigenvalue weighted by Crippen LogP contribution is -2.04. The Labute approximate surface area is 155 Å². The molecule has 0 bridgehead atoms. The van der Waals surface area contributed by atoms with Crippen molar-refractivity contribution in [1.82, 2.24) is 19.9 Å². The first-order chi connectivity index (χ1) is 13.1. The van der Waals surface area contributed by atoms with Crippen LogP contribution in [0.25, 0.3) is 11.2 Å². The number of fused-ring (bicyclic) bond motifs is 1. The predicted molar refractivity (Wildman–Crippen MR) is 104 cm³/mol. The molecule has 0 atom stereocenters. The summed E-state index contributed by atoms with van der Waals surface area (Å²) in [4.78, 5) is 17.6. The first-order valence-corrected chi connectivity index (χ1v) is 8.43. The van der Waals surface area contributed by atoms with Crippen LogP contribution in [0.4, 0.5) is 27.5 Å². The maximum absolute atomic E-state index is 13.2. The first-order valence-electron chi connectivity index (χ1n) is 8.43. The van der Waals surface area contributed by atoms with Crippen molar-refractivity contribution in [3.8, 4) is 0 Å². The number of rotatable bonds is 4. The lowest BCUT2D eigenvalue weighted by atomic mass is 10.1. The van der Waals surface area contributed by atoms with Gasteiger partial charge in [0.25, 0.3) is 0 Å². The molecule has 0 unspecified atom stereocenters. The molecule has 0 aliphatic heterocycles. The van der Waals surface area contributed by atoms with E-state index in [1.807, 2.05) is 26.0 Å². The highest BCUT2D eigenvalue weighted by molar-refractivity contribution is 5.86. The second kappa shape index (κ2) is 6.95. The summed E-state index contributed by atoms with van der Waals surface area (Å²) >= 11 is 0. The standard InChI is InChI=1S/C20H17FN6/c1-12-9-13(2)11-16(10-12)25-20-26-18-17(22-7-8-23-18)19(27-20)24-15-5-3-14(21)4-6-15/h3-11H,1-2H3,(H2,23,24,25,26,27). The van der Waals surface area contributed by atoms with Gasteiger partial charge >= 0.3 is 0 Å². The summed E-state index contributed by atoms with van der Waals surface area (Å²) in [5.74, 6) is 0.592. The fourth-order valence-corrected chi connectivity index (χ4v) is 2.85. The van der Waals surface area contributed by atoms with Gasteiger partial charge in [0.15, 0.2) is 17.0 Å². The number of halogens is 1. The minimum atomic E-state index is -0.301. The summed E-state index contributed by atoms with van der Waals surface area (Å²) in [5.41, 5.74) is 4.87. The van der Waals surface area contributed by atoms with Crippen molar-refractivity contribution in [3.63, 3.8) is 0 Å². The molecule has 0 aliphatic carbocycles. The van der Waals surface area contributed by atoms with Crippen molar-refractivity contribution >= 4 is 34.3 Å². The number of nitrogens with zero attached hydrogens (tertiary/aromatic N) is 4. The lowest BCUT2D eigenvalue weighted by Gasteiger charge is -2.11. The fourth-order valence-electron chi connectivity index (χ4n) is 2.85. The third-order valence-electron chi connectivity index (χ3n) is 3.92. The van der Waals surface area contributed by atoms with Gasteiger partial charge in [-0.25, -0.2) is 14.4 Å². The number of aromatic nitrogens is 4. The van der Waals surface area contributed by atoms with E-state index in [2.05, 4.69) is 36.6 Å². The number of nitrogens with one attached hydrogen (secondary N) is 2. The van der Waals surface area contributed by atoms with Gasteiger partial charge in [0.05, 0.1) is 0 Å². The Morgan fingerprint density at radius 2 is 1.48 bits per heavy atom. The van der Waals surface area contributed by atoms with E-state index in [0.29, 0.717) is 28.6 Å². The Morgan fingerprint density at radius 3 is 2.22 bits per heavy atom. The highest BCUT2D eigenvalue weighted by atomic mass is 19.1. The Kier molecular flexibility index (Phi) is 4.33. The monoisotopic (exact) mass is 360 g/mol. The van der Waals surface area contributed by atoms with Crippen molar-refractivity contribution in [2.45, 2.75) is 13.8 Å². The summed E-state index contributed by atoms with van der Waals surface area (Å²) in [6, 6.07) is 12.2. The van der Waals surface area contributed by atoms with Gasteiger partial charge in [-0.15, -0.1) is 0 Å². The zero-order valence-electron chi connectivity index (χ0n) is 14.9. The molecule has 2 aromatic heterocycles. The molecule has 4 rings (SSSR count). The van der Waals surface area contributed by atoms with E-state index < -0.39 is 0 Å². The topological polar surface area (TPSA) is 75.6 Å². The van der Waals surface area contributed by atoms with Crippen molar-refractivity contribution in [2.24, 2.45) is 0 Å². The largest absolute Gasteiger partial charge is 0.338 e. The van der Waals surface area contributed by atoms with Crippen LogP contribution in [-0.4, -0.2) is 19.9 Å². The van der Waals surface area contributed by atoms with Crippen molar-refractivity contribution in [3.05, 3.63) is 71.8 Å². The molecule has 7 heteroatoms. The fraction of sp³-hybridized carbons (Fsp3) is 0.100. The Morgan fingerprint density at radius 1 is 0.778 bits per heavy atom. The van der Waals surface area contributed by atoms with Gasteiger partial charge < -0.3 is 10.6 Å². The van der Waals surface area contributed by atoms with Crippen LogP contribution in [-0.2, 0) is 0 Å². The molecule has 0 saturated carbocycles. The second-order valence-electron chi connectivity index (χ2n) is 6.26. The van der Waals surface area contributed by atoms with E-state index in [1.54, 1.807) is 24.5 Å². The van der Waals surface area contributed by atoms with E-state index in [9.17, 15) is 4.39 Å². The van der Waals surface area contributed by atoms with Crippen molar-refractivity contribution < 1.29 is 4.39 Å². The SMILES string of the molecule is Cc1cc(C)cc(Nc2nc(Nc3ccc(F)cc3)c3nccnc3n2)c1. The van der Waals surface area contributed by atoms with Gasteiger partial charge in [0, 0.05) is 23.8 Å². The minimum absolute atomic E-state index is 0.301. The van der Waals surface area contributed by atoms with Crippen molar-refractivity contribution in [2.75, 3.05) is 10.6 Å². The van der Waals surface area contributed by atoms with Crippen LogP contribution in [0.5, 0.6) is 0 Å². The molecule has 0 amide bonds. The average Bonchev–Trinajstić information content (AvgIpc) is 2.63. The quantitative estimate of drug-likeness (QED) is 0.551. The zero-order chi connectivity index (χ0) is 18.8. The minimum Gasteiger partial charge on any atom is -0.338 e. The molecule has 0 spiro atoms.